The van der Waals surface area contributed by atoms with Crippen molar-refractivity contribution in [2.75, 3.05) is 18.5 Å². The second kappa shape index (κ2) is 9.32. The zero-order valence-electron chi connectivity index (χ0n) is 16.9. The van der Waals surface area contributed by atoms with Gasteiger partial charge in [-0.15, -0.1) is 0 Å². The van der Waals surface area contributed by atoms with Crippen LogP contribution in [0.15, 0.2) is 42.5 Å². The molecular weight excluding hydrogens is 372 g/mol. The Morgan fingerprint density at radius 3 is 2.62 bits per heavy atom. The minimum atomic E-state index is -0.864. The summed E-state index contributed by atoms with van der Waals surface area (Å²) in [5.74, 6) is 1.27. The van der Waals surface area contributed by atoms with Gasteiger partial charge >= 0.3 is 0 Å². The maximum absolute atomic E-state index is 12.5. The number of ether oxygens (including phenoxy) is 3. The number of benzene rings is 2. The summed E-state index contributed by atoms with van der Waals surface area (Å²) in [6.45, 7) is 6.74. The molecule has 0 saturated heterocycles. The van der Waals surface area contributed by atoms with Gasteiger partial charge in [0.25, 0.3) is 5.91 Å². The van der Waals surface area contributed by atoms with E-state index in [1.165, 1.54) is 0 Å². The third kappa shape index (κ3) is 4.99. The smallest absolute Gasteiger partial charge is 0.266 e. The molecule has 29 heavy (non-hydrogen) atoms. The molecular formula is C22H26N2O5. The van der Waals surface area contributed by atoms with Crippen LogP contribution in [0.1, 0.15) is 38.8 Å². The van der Waals surface area contributed by atoms with Crippen molar-refractivity contribution in [3.8, 4) is 17.2 Å². The van der Waals surface area contributed by atoms with Crippen LogP contribution in [0.5, 0.6) is 17.2 Å². The summed E-state index contributed by atoms with van der Waals surface area (Å²) in [5, 5.41) is 5.68. The van der Waals surface area contributed by atoms with Crippen molar-refractivity contribution >= 4 is 17.5 Å². The third-order valence-corrected chi connectivity index (χ3v) is 4.52. The average molecular weight is 398 g/mol. The molecule has 1 aliphatic heterocycles. The molecule has 0 aromatic heterocycles. The highest BCUT2D eigenvalue weighted by atomic mass is 16.5. The summed E-state index contributed by atoms with van der Waals surface area (Å²) in [4.78, 5) is 24.7. The summed E-state index contributed by atoms with van der Waals surface area (Å²) in [6, 6.07) is 12.5. The summed E-state index contributed by atoms with van der Waals surface area (Å²) < 4.78 is 16.9. The average Bonchev–Trinajstić information content (AvgIpc) is 2.70. The number of hydrogen-bond acceptors (Lipinski definition) is 5. The highest BCUT2D eigenvalue weighted by Crippen LogP contribution is 2.31. The quantitative estimate of drug-likeness (QED) is 0.711. The molecule has 7 nitrogen and oxygen atoms in total. The van der Waals surface area contributed by atoms with Crippen molar-refractivity contribution in [2.45, 2.75) is 39.3 Å². The maximum Gasteiger partial charge on any atom is 0.266 e. The van der Waals surface area contributed by atoms with Crippen LogP contribution >= 0.6 is 0 Å². The maximum atomic E-state index is 12.5. The Labute approximate surface area is 170 Å². The molecule has 0 spiro atoms. The van der Waals surface area contributed by atoms with Gasteiger partial charge in [-0.05, 0) is 50.6 Å². The van der Waals surface area contributed by atoms with Crippen LogP contribution in [0.25, 0.3) is 0 Å². The number of fused-ring (bicyclic) bond motifs is 1. The zero-order valence-corrected chi connectivity index (χ0v) is 16.9. The fraction of sp³-hybridized carbons (Fsp3) is 0.364. The Hall–Kier alpha value is -3.22. The fourth-order valence-electron chi connectivity index (χ4n) is 3.12. The monoisotopic (exact) mass is 398 g/mol. The van der Waals surface area contributed by atoms with Crippen molar-refractivity contribution in [3.05, 3.63) is 48.0 Å². The van der Waals surface area contributed by atoms with Crippen molar-refractivity contribution in [1.29, 1.82) is 0 Å². The van der Waals surface area contributed by atoms with E-state index in [0.29, 0.717) is 36.1 Å². The SMILES string of the molecule is CCOc1ccc([C@@H](C)NC(=O)C[C@H]2Oc3ccccc3NC2=O)cc1OCC. The van der Waals surface area contributed by atoms with Crippen LogP contribution in [0.2, 0.25) is 0 Å². The van der Waals surface area contributed by atoms with Crippen molar-refractivity contribution in [1.82, 2.24) is 5.32 Å². The van der Waals surface area contributed by atoms with Gasteiger partial charge in [-0.1, -0.05) is 18.2 Å². The van der Waals surface area contributed by atoms with Gasteiger partial charge in [-0.2, -0.15) is 0 Å². The number of nitrogens with one attached hydrogen (secondary N) is 2. The van der Waals surface area contributed by atoms with E-state index in [4.69, 9.17) is 14.2 Å². The largest absolute Gasteiger partial charge is 0.490 e. The fourth-order valence-corrected chi connectivity index (χ4v) is 3.12. The highest BCUT2D eigenvalue weighted by Gasteiger charge is 2.30. The Morgan fingerprint density at radius 2 is 1.86 bits per heavy atom. The molecule has 154 valence electrons. The number of hydrogen-bond donors (Lipinski definition) is 2. The summed E-state index contributed by atoms with van der Waals surface area (Å²) in [6.07, 6.45) is -0.934. The number of para-hydroxylation sites is 2. The van der Waals surface area contributed by atoms with Crippen LogP contribution in [0.4, 0.5) is 5.69 Å². The Kier molecular flexibility index (Phi) is 6.59. The first-order valence-electron chi connectivity index (χ1n) is 9.77. The van der Waals surface area contributed by atoms with E-state index < -0.39 is 6.10 Å². The van der Waals surface area contributed by atoms with Crippen LogP contribution < -0.4 is 24.8 Å². The Balaban J connectivity index is 1.63. The molecule has 0 radical (unpaired) electrons. The first kappa shape index (κ1) is 20.5. The highest BCUT2D eigenvalue weighted by molar-refractivity contribution is 5.99. The minimum Gasteiger partial charge on any atom is -0.490 e. The number of carbonyl (C=O) groups is 2. The molecule has 0 bridgehead atoms. The van der Waals surface area contributed by atoms with E-state index >= 15 is 0 Å². The zero-order chi connectivity index (χ0) is 20.8. The van der Waals surface area contributed by atoms with E-state index in [1.54, 1.807) is 12.1 Å². The van der Waals surface area contributed by atoms with Crippen LogP contribution in [0, 0.1) is 0 Å². The summed E-state index contributed by atoms with van der Waals surface area (Å²) in [7, 11) is 0. The predicted molar refractivity (Wildman–Crippen MR) is 109 cm³/mol. The molecule has 2 aromatic carbocycles. The standard InChI is InChI=1S/C22H26N2O5/c1-4-27-18-11-10-15(12-19(18)28-5-2)14(3)23-21(25)13-20-22(26)24-16-8-6-7-9-17(16)29-20/h6-12,14,20H,4-5,13H2,1-3H3,(H,23,25)(H,24,26)/t14-,20-/m1/s1. The van der Waals surface area contributed by atoms with Gasteiger partial charge < -0.3 is 24.8 Å². The van der Waals surface area contributed by atoms with Gasteiger partial charge in [-0.3, -0.25) is 9.59 Å². The molecule has 7 heteroatoms. The summed E-state index contributed by atoms with van der Waals surface area (Å²) in [5.41, 5.74) is 1.49. The van der Waals surface area contributed by atoms with Crippen molar-refractivity contribution in [3.63, 3.8) is 0 Å². The van der Waals surface area contributed by atoms with Gasteiger partial charge in [0.15, 0.2) is 17.6 Å². The lowest BCUT2D eigenvalue weighted by molar-refractivity contribution is -0.130. The third-order valence-electron chi connectivity index (χ3n) is 4.52. The predicted octanol–water partition coefficient (Wildman–Crippen LogP) is 3.45. The molecule has 2 atom stereocenters. The lowest BCUT2D eigenvalue weighted by Crippen LogP contribution is -2.41. The number of rotatable bonds is 8. The topological polar surface area (TPSA) is 85.9 Å². The number of carbonyl (C=O) groups excluding carboxylic acids is 2. The van der Waals surface area contributed by atoms with Crippen LogP contribution in [-0.4, -0.2) is 31.1 Å². The lowest BCUT2D eigenvalue weighted by atomic mass is 10.1. The van der Waals surface area contributed by atoms with Gasteiger partial charge in [-0.25, -0.2) is 0 Å². The molecule has 0 fully saturated rings. The lowest BCUT2D eigenvalue weighted by Gasteiger charge is -2.26. The van der Waals surface area contributed by atoms with E-state index in [9.17, 15) is 9.59 Å². The second-order valence-electron chi connectivity index (χ2n) is 6.66. The number of amides is 2. The van der Waals surface area contributed by atoms with Gasteiger partial charge in [0, 0.05) is 0 Å². The van der Waals surface area contributed by atoms with Crippen molar-refractivity contribution < 1.29 is 23.8 Å². The first-order valence-corrected chi connectivity index (χ1v) is 9.77. The first-order chi connectivity index (χ1) is 14.0. The molecule has 1 heterocycles. The Bertz CT molecular complexity index is 883. The molecule has 0 aliphatic carbocycles. The van der Waals surface area contributed by atoms with E-state index in [-0.39, 0.29) is 24.3 Å². The van der Waals surface area contributed by atoms with Gasteiger partial charge in [0.2, 0.25) is 5.91 Å². The second-order valence-corrected chi connectivity index (χ2v) is 6.66. The van der Waals surface area contributed by atoms with E-state index in [1.807, 2.05) is 51.1 Å². The molecule has 2 N–H and O–H groups in total. The normalized spacial score (nSPS) is 16.1. The molecule has 2 aromatic rings. The van der Waals surface area contributed by atoms with Crippen molar-refractivity contribution in [2.24, 2.45) is 0 Å². The van der Waals surface area contributed by atoms with Crippen LogP contribution in [0.3, 0.4) is 0 Å². The van der Waals surface area contributed by atoms with E-state index in [2.05, 4.69) is 10.6 Å². The molecule has 0 saturated carbocycles. The van der Waals surface area contributed by atoms with Gasteiger partial charge in [0.05, 0.1) is 31.4 Å². The Morgan fingerprint density at radius 1 is 1.14 bits per heavy atom. The minimum absolute atomic E-state index is 0.0696. The van der Waals surface area contributed by atoms with Crippen LogP contribution in [-0.2, 0) is 9.59 Å². The van der Waals surface area contributed by atoms with Gasteiger partial charge in [0.1, 0.15) is 5.75 Å². The molecule has 0 unspecified atom stereocenters. The molecule has 2 amide bonds. The van der Waals surface area contributed by atoms with E-state index in [0.717, 1.165) is 5.56 Å². The molecule has 3 rings (SSSR count). The number of anilines is 1. The summed E-state index contributed by atoms with van der Waals surface area (Å²) >= 11 is 0. The molecule has 1 aliphatic rings.